The van der Waals surface area contributed by atoms with E-state index in [1.165, 1.54) is 5.56 Å². The van der Waals surface area contributed by atoms with Gasteiger partial charge in [0.05, 0.1) is 11.6 Å². The summed E-state index contributed by atoms with van der Waals surface area (Å²) in [5, 5.41) is 1.03. The zero-order valence-corrected chi connectivity index (χ0v) is 12.2. The third-order valence-electron chi connectivity index (χ3n) is 3.98. The zero-order valence-electron chi connectivity index (χ0n) is 12.2. The highest BCUT2D eigenvalue weighted by molar-refractivity contribution is 5.78. The minimum absolute atomic E-state index is 0.515. The van der Waals surface area contributed by atoms with Crippen molar-refractivity contribution in [3.8, 4) is 5.75 Å². The molecule has 2 unspecified atom stereocenters. The van der Waals surface area contributed by atoms with Crippen LogP contribution in [0.4, 0.5) is 0 Å². The van der Waals surface area contributed by atoms with Crippen LogP contribution in [0.15, 0.2) is 61.1 Å². The fourth-order valence-corrected chi connectivity index (χ4v) is 2.63. The largest absolute Gasteiger partial charge is 0.492 e. The molecule has 4 rings (SSSR count). The van der Waals surface area contributed by atoms with Crippen LogP contribution in [0.5, 0.6) is 5.75 Å². The second-order valence-corrected chi connectivity index (χ2v) is 5.62. The molecule has 1 aliphatic rings. The number of rotatable bonds is 5. The van der Waals surface area contributed by atoms with Gasteiger partial charge in [-0.3, -0.25) is 4.90 Å². The van der Waals surface area contributed by atoms with Gasteiger partial charge in [-0.25, -0.2) is 9.97 Å². The predicted octanol–water partition coefficient (Wildman–Crippen LogP) is 2.89. The molecule has 0 spiro atoms. The van der Waals surface area contributed by atoms with Gasteiger partial charge in [-0.1, -0.05) is 30.3 Å². The van der Waals surface area contributed by atoms with Gasteiger partial charge in [0, 0.05) is 30.7 Å². The summed E-state index contributed by atoms with van der Waals surface area (Å²) in [5.74, 6) is 0.873. The highest BCUT2D eigenvalue weighted by Crippen LogP contribution is 2.23. The lowest BCUT2D eigenvalue weighted by Crippen LogP contribution is -2.10. The van der Waals surface area contributed by atoms with Crippen molar-refractivity contribution in [1.29, 1.82) is 0 Å². The van der Waals surface area contributed by atoms with Crippen molar-refractivity contribution in [3.05, 3.63) is 66.6 Å². The van der Waals surface area contributed by atoms with Crippen molar-refractivity contribution < 1.29 is 4.74 Å². The maximum Gasteiger partial charge on any atom is 0.121 e. The highest BCUT2D eigenvalue weighted by Gasteiger charge is 2.34. The summed E-state index contributed by atoms with van der Waals surface area (Å²) < 4.78 is 5.90. The molecule has 110 valence electrons. The zero-order chi connectivity index (χ0) is 14.8. The lowest BCUT2D eigenvalue weighted by atomic mass is 10.2. The molecule has 1 saturated heterocycles. The van der Waals surface area contributed by atoms with Gasteiger partial charge in [-0.15, -0.1) is 0 Å². The van der Waals surface area contributed by atoms with Crippen molar-refractivity contribution in [3.63, 3.8) is 0 Å². The summed E-state index contributed by atoms with van der Waals surface area (Å²) >= 11 is 0. The Hall–Kier alpha value is -2.46. The number of hydrogen-bond acceptors (Lipinski definition) is 4. The second-order valence-electron chi connectivity index (χ2n) is 5.62. The predicted molar refractivity (Wildman–Crippen MR) is 85.7 cm³/mol. The van der Waals surface area contributed by atoms with E-state index < -0.39 is 0 Å². The van der Waals surface area contributed by atoms with Crippen LogP contribution in [0, 0.1) is 0 Å². The van der Waals surface area contributed by atoms with Crippen LogP contribution in [-0.2, 0) is 6.54 Å². The maximum absolute atomic E-state index is 5.90. The molecule has 3 aromatic rings. The van der Waals surface area contributed by atoms with E-state index in [2.05, 4.69) is 45.2 Å². The van der Waals surface area contributed by atoms with E-state index in [-0.39, 0.29) is 0 Å². The molecule has 0 bridgehead atoms. The van der Waals surface area contributed by atoms with Crippen LogP contribution in [0.1, 0.15) is 5.56 Å². The first-order valence-corrected chi connectivity index (χ1v) is 7.49. The van der Waals surface area contributed by atoms with E-state index in [1.54, 1.807) is 6.33 Å². The Bertz CT molecular complexity index is 775. The van der Waals surface area contributed by atoms with Crippen LogP contribution in [-0.4, -0.2) is 34.1 Å². The normalized spacial score (nSPS) is 20.0. The first-order chi connectivity index (χ1) is 10.9. The van der Waals surface area contributed by atoms with Gasteiger partial charge < -0.3 is 4.74 Å². The number of aromatic nitrogens is 2. The average Bonchev–Trinajstić information content (AvgIpc) is 3.31. The number of benzene rings is 2. The Kier molecular flexibility index (Phi) is 3.45. The van der Waals surface area contributed by atoms with Crippen molar-refractivity contribution in [1.82, 2.24) is 14.9 Å². The van der Waals surface area contributed by atoms with Crippen molar-refractivity contribution >= 4 is 10.9 Å². The monoisotopic (exact) mass is 291 g/mol. The molecule has 4 heteroatoms. The Morgan fingerprint density at radius 2 is 2.05 bits per heavy atom. The lowest BCUT2D eigenvalue weighted by Gasteiger charge is -2.07. The van der Waals surface area contributed by atoms with Gasteiger partial charge in [-0.2, -0.15) is 0 Å². The summed E-state index contributed by atoms with van der Waals surface area (Å²) in [4.78, 5) is 10.7. The van der Waals surface area contributed by atoms with Crippen LogP contribution in [0.3, 0.4) is 0 Å². The van der Waals surface area contributed by atoms with Gasteiger partial charge >= 0.3 is 0 Å². The molecule has 1 fully saturated rings. The average molecular weight is 291 g/mol. The summed E-state index contributed by atoms with van der Waals surface area (Å²) in [6.45, 7) is 2.83. The standard InChI is InChI=1S/C18H17N3O/c1-2-4-14(5-3-1)10-21-11-16(21)12-22-17-7-6-15-9-19-13-20-18(15)8-17/h1-9,13,16H,10-12H2. The Morgan fingerprint density at radius 1 is 1.14 bits per heavy atom. The van der Waals surface area contributed by atoms with E-state index in [9.17, 15) is 0 Å². The van der Waals surface area contributed by atoms with Gasteiger partial charge in [0.15, 0.2) is 0 Å². The first kappa shape index (κ1) is 13.2. The van der Waals surface area contributed by atoms with Crippen LogP contribution < -0.4 is 4.74 Å². The minimum Gasteiger partial charge on any atom is -0.492 e. The lowest BCUT2D eigenvalue weighted by molar-refractivity contribution is 0.293. The van der Waals surface area contributed by atoms with Gasteiger partial charge in [0.1, 0.15) is 18.7 Å². The molecule has 4 nitrogen and oxygen atoms in total. The molecule has 0 radical (unpaired) electrons. The fraction of sp³-hybridized carbons (Fsp3) is 0.222. The first-order valence-electron chi connectivity index (χ1n) is 7.49. The smallest absolute Gasteiger partial charge is 0.121 e. The van der Waals surface area contributed by atoms with Crippen molar-refractivity contribution in [2.24, 2.45) is 0 Å². The molecule has 22 heavy (non-hydrogen) atoms. The molecule has 0 amide bonds. The molecule has 2 atom stereocenters. The van der Waals surface area contributed by atoms with Crippen molar-refractivity contribution in [2.45, 2.75) is 12.6 Å². The number of ether oxygens (including phenoxy) is 1. The summed E-state index contributed by atoms with van der Waals surface area (Å²) in [5.41, 5.74) is 2.27. The molecule has 1 aromatic heterocycles. The van der Waals surface area contributed by atoms with E-state index in [0.717, 1.165) is 36.3 Å². The Labute approximate surface area is 129 Å². The highest BCUT2D eigenvalue weighted by atomic mass is 16.5. The third kappa shape index (κ3) is 2.92. The van der Waals surface area contributed by atoms with Crippen molar-refractivity contribution in [2.75, 3.05) is 13.2 Å². The molecule has 2 aromatic carbocycles. The van der Waals surface area contributed by atoms with Gasteiger partial charge in [-0.05, 0) is 17.7 Å². The molecule has 2 heterocycles. The number of nitrogens with zero attached hydrogens (tertiary/aromatic N) is 3. The van der Waals surface area contributed by atoms with Crippen LogP contribution in [0.2, 0.25) is 0 Å². The molecule has 1 aliphatic heterocycles. The fourth-order valence-electron chi connectivity index (χ4n) is 2.63. The second kappa shape index (κ2) is 5.73. The molecule has 0 N–H and O–H groups in total. The topological polar surface area (TPSA) is 38.0 Å². The van der Waals surface area contributed by atoms with Crippen LogP contribution in [0.25, 0.3) is 10.9 Å². The molecule has 0 aliphatic carbocycles. The molecular formula is C18H17N3O. The van der Waals surface area contributed by atoms with Gasteiger partial charge in [0.25, 0.3) is 0 Å². The Balaban J connectivity index is 1.33. The number of hydrogen-bond donors (Lipinski definition) is 0. The molecular weight excluding hydrogens is 274 g/mol. The summed E-state index contributed by atoms with van der Waals surface area (Å²) in [6, 6.07) is 17.0. The summed E-state index contributed by atoms with van der Waals surface area (Å²) in [6.07, 6.45) is 3.38. The minimum atomic E-state index is 0.515. The van der Waals surface area contributed by atoms with E-state index in [0.29, 0.717) is 6.04 Å². The number of fused-ring (bicyclic) bond motifs is 1. The third-order valence-corrected chi connectivity index (χ3v) is 3.98. The van der Waals surface area contributed by atoms with E-state index >= 15 is 0 Å². The van der Waals surface area contributed by atoms with E-state index in [4.69, 9.17) is 4.74 Å². The molecule has 0 saturated carbocycles. The maximum atomic E-state index is 5.90. The van der Waals surface area contributed by atoms with Gasteiger partial charge in [0.2, 0.25) is 0 Å². The van der Waals surface area contributed by atoms with Crippen LogP contribution >= 0.6 is 0 Å². The summed E-state index contributed by atoms with van der Waals surface area (Å²) in [7, 11) is 0. The SMILES string of the molecule is c1ccc(CN2CC2COc2ccc3cncnc3c2)cc1. The quantitative estimate of drug-likeness (QED) is 0.677. The van der Waals surface area contributed by atoms with E-state index in [1.807, 2.05) is 24.4 Å². The Morgan fingerprint density at radius 3 is 2.95 bits per heavy atom.